The van der Waals surface area contributed by atoms with E-state index in [2.05, 4.69) is 0 Å². The molecule has 29 heavy (non-hydrogen) atoms. The molecule has 2 aromatic carbocycles. The van der Waals surface area contributed by atoms with Crippen LogP contribution in [0, 0.1) is 0 Å². The maximum absolute atomic E-state index is 12.5. The number of carbonyl (C=O) groups is 1. The van der Waals surface area contributed by atoms with Gasteiger partial charge in [-0.15, -0.1) is 0 Å². The Morgan fingerprint density at radius 1 is 1.14 bits per heavy atom. The number of nitrogens with zero attached hydrogens (tertiary/aromatic N) is 1. The van der Waals surface area contributed by atoms with Gasteiger partial charge in [0.25, 0.3) is 0 Å². The normalized spacial score (nSPS) is 21.4. The van der Waals surface area contributed by atoms with Crippen LogP contribution >= 0.6 is 0 Å². The van der Waals surface area contributed by atoms with Crippen LogP contribution in [0.5, 0.6) is 17.2 Å². The van der Waals surface area contributed by atoms with Gasteiger partial charge in [-0.05, 0) is 36.2 Å². The number of ether oxygens (including phenoxy) is 4. The zero-order valence-corrected chi connectivity index (χ0v) is 16.7. The average Bonchev–Trinajstić information content (AvgIpc) is 3.39. The number of carbonyl (C=O) groups excluding carboxylic acids is 1. The lowest BCUT2D eigenvalue weighted by Crippen LogP contribution is -2.29. The average molecular weight is 397 g/mol. The fourth-order valence-electron chi connectivity index (χ4n) is 3.82. The van der Waals surface area contributed by atoms with Crippen molar-refractivity contribution < 1.29 is 23.7 Å². The fraction of sp³-hybridized carbons (Fsp3) is 0.435. The number of benzene rings is 2. The first-order valence-electron chi connectivity index (χ1n) is 10.1. The lowest BCUT2D eigenvalue weighted by molar-refractivity contribution is -0.128. The summed E-state index contributed by atoms with van der Waals surface area (Å²) in [5.74, 6) is 2.47. The first kappa shape index (κ1) is 19.6. The monoisotopic (exact) mass is 397 g/mol. The van der Waals surface area contributed by atoms with Crippen molar-refractivity contribution in [2.75, 3.05) is 33.4 Å². The molecule has 4 rings (SSSR count). The molecule has 2 saturated heterocycles. The van der Waals surface area contributed by atoms with Crippen molar-refractivity contribution in [2.45, 2.75) is 31.5 Å². The van der Waals surface area contributed by atoms with Crippen molar-refractivity contribution in [3.63, 3.8) is 0 Å². The molecule has 0 spiro atoms. The summed E-state index contributed by atoms with van der Waals surface area (Å²) in [6, 6.07) is 15.6. The van der Waals surface area contributed by atoms with E-state index in [0.29, 0.717) is 37.6 Å². The number of para-hydroxylation sites is 1. The van der Waals surface area contributed by atoms with Crippen molar-refractivity contribution in [1.82, 2.24) is 4.90 Å². The SMILES string of the molecule is COc1ccc([C@@H]2CC(=O)N(CCOc3ccccc3)C2)cc1OC1CCCO1. The summed E-state index contributed by atoms with van der Waals surface area (Å²) in [5, 5.41) is 0. The Balaban J connectivity index is 1.37. The molecule has 0 bridgehead atoms. The fourth-order valence-corrected chi connectivity index (χ4v) is 3.82. The molecule has 6 heteroatoms. The molecule has 6 nitrogen and oxygen atoms in total. The predicted molar refractivity (Wildman–Crippen MR) is 108 cm³/mol. The summed E-state index contributed by atoms with van der Waals surface area (Å²) in [5.41, 5.74) is 1.08. The van der Waals surface area contributed by atoms with Crippen LogP contribution in [-0.4, -0.2) is 50.5 Å². The maximum atomic E-state index is 12.5. The standard InChI is InChI=1S/C23H27NO5/c1-26-20-10-9-17(14-21(20)29-23-8-5-12-28-23)18-15-22(25)24(16-18)11-13-27-19-6-3-2-4-7-19/h2-4,6-7,9-10,14,18,23H,5,8,11-13,15-16H2,1H3/t18-,23?/m1/s1. The molecule has 2 heterocycles. The highest BCUT2D eigenvalue weighted by molar-refractivity contribution is 5.79. The Hall–Kier alpha value is -2.73. The minimum Gasteiger partial charge on any atom is -0.493 e. The van der Waals surface area contributed by atoms with Crippen LogP contribution in [0.1, 0.15) is 30.7 Å². The van der Waals surface area contributed by atoms with Gasteiger partial charge >= 0.3 is 0 Å². The van der Waals surface area contributed by atoms with Gasteiger partial charge < -0.3 is 23.8 Å². The first-order valence-corrected chi connectivity index (χ1v) is 10.1. The highest BCUT2D eigenvalue weighted by Crippen LogP contribution is 2.36. The molecule has 1 amide bonds. The Kier molecular flexibility index (Phi) is 6.20. The predicted octanol–water partition coefficient (Wildman–Crippen LogP) is 3.61. The van der Waals surface area contributed by atoms with E-state index in [1.54, 1.807) is 7.11 Å². The summed E-state index contributed by atoms with van der Waals surface area (Å²) < 4.78 is 22.8. The van der Waals surface area contributed by atoms with E-state index in [1.807, 2.05) is 53.4 Å². The Morgan fingerprint density at radius 3 is 2.76 bits per heavy atom. The van der Waals surface area contributed by atoms with E-state index >= 15 is 0 Å². The Bertz CT molecular complexity index is 819. The van der Waals surface area contributed by atoms with Crippen LogP contribution in [0.4, 0.5) is 0 Å². The summed E-state index contributed by atoms with van der Waals surface area (Å²) >= 11 is 0. The topological polar surface area (TPSA) is 57.2 Å². The summed E-state index contributed by atoms with van der Waals surface area (Å²) in [4.78, 5) is 14.4. The van der Waals surface area contributed by atoms with Crippen LogP contribution < -0.4 is 14.2 Å². The van der Waals surface area contributed by atoms with E-state index in [4.69, 9.17) is 18.9 Å². The van der Waals surface area contributed by atoms with Gasteiger partial charge in [-0.3, -0.25) is 4.79 Å². The quantitative estimate of drug-likeness (QED) is 0.681. The number of hydrogen-bond acceptors (Lipinski definition) is 5. The summed E-state index contributed by atoms with van der Waals surface area (Å²) in [6.07, 6.45) is 2.15. The van der Waals surface area contributed by atoms with E-state index in [0.717, 1.165) is 30.8 Å². The van der Waals surface area contributed by atoms with E-state index in [1.165, 1.54) is 0 Å². The lowest BCUT2D eigenvalue weighted by Gasteiger charge is -2.19. The molecule has 0 aromatic heterocycles. The van der Waals surface area contributed by atoms with Crippen molar-refractivity contribution in [1.29, 1.82) is 0 Å². The molecule has 0 saturated carbocycles. The Labute approximate surface area is 171 Å². The minimum absolute atomic E-state index is 0.136. The number of rotatable bonds is 8. The maximum Gasteiger partial charge on any atom is 0.223 e. The number of methoxy groups -OCH3 is 1. The molecule has 0 N–H and O–H groups in total. The van der Waals surface area contributed by atoms with Crippen LogP contribution in [0.25, 0.3) is 0 Å². The molecular formula is C23H27NO5. The third kappa shape index (κ3) is 4.82. The second-order valence-electron chi connectivity index (χ2n) is 7.37. The van der Waals surface area contributed by atoms with Gasteiger partial charge in [0.05, 0.1) is 20.3 Å². The molecule has 2 aliphatic heterocycles. The first-order chi connectivity index (χ1) is 14.2. The van der Waals surface area contributed by atoms with Crippen molar-refractivity contribution >= 4 is 5.91 Å². The van der Waals surface area contributed by atoms with E-state index < -0.39 is 0 Å². The summed E-state index contributed by atoms with van der Waals surface area (Å²) in [7, 11) is 1.63. The molecule has 2 aromatic rings. The van der Waals surface area contributed by atoms with Gasteiger partial charge in [-0.25, -0.2) is 0 Å². The molecule has 1 unspecified atom stereocenters. The van der Waals surface area contributed by atoms with Crippen molar-refractivity contribution in [3.8, 4) is 17.2 Å². The molecule has 2 aliphatic rings. The number of hydrogen-bond donors (Lipinski definition) is 0. The van der Waals surface area contributed by atoms with Gasteiger partial charge in [0.2, 0.25) is 5.91 Å². The molecular weight excluding hydrogens is 370 g/mol. The summed E-state index contributed by atoms with van der Waals surface area (Å²) in [6.45, 7) is 2.48. The Morgan fingerprint density at radius 2 is 2.00 bits per heavy atom. The van der Waals surface area contributed by atoms with E-state index in [-0.39, 0.29) is 18.1 Å². The van der Waals surface area contributed by atoms with Crippen molar-refractivity contribution in [3.05, 3.63) is 54.1 Å². The zero-order valence-electron chi connectivity index (χ0n) is 16.7. The number of likely N-dealkylation sites (tertiary alicyclic amines) is 1. The second kappa shape index (κ2) is 9.18. The molecule has 0 radical (unpaired) electrons. The number of amides is 1. The largest absolute Gasteiger partial charge is 0.493 e. The van der Waals surface area contributed by atoms with Gasteiger partial charge in [-0.2, -0.15) is 0 Å². The van der Waals surface area contributed by atoms with Crippen LogP contribution in [0.2, 0.25) is 0 Å². The van der Waals surface area contributed by atoms with Crippen molar-refractivity contribution in [2.24, 2.45) is 0 Å². The minimum atomic E-state index is -0.226. The van der Waals surface area contributed by atoms with Gasteiger partial charge in [0.15, 0.2) is 17.8 Å². The third-order valence-corrected chi connectivity index (χ3v) is 5.39. The third-order valence-electron chi connectivity index (χ3n) is 5.39. The zero-order chi connectivity index (χ0) is 20.1. The molecule has 0 aliphatic carbocycles. The lowest BCUT2D eigenvalue weighted by atomic mass is 9.98. The molecule has 2 fully saturated rings. The van der Waals surface area contributed by atoms with Crippen LogP contribution in [0.15, 0.2) is 48.5 Å². The molecule has 154 valence electrons. The van der Waals surface area contributed by atoms with Gasteiger partial charge in [0.1, 0.15) is 12.4 Å². The van der Waals surface area contributed by atoms with E-state index in [9.17, 15) is 4.79 Å². The highest BCUT2D eigenvalue weighted by atomic mass is 16.7. The van der Waals surface area contributed by atoms with Crippen LogP contribution in [-0.2, 0) is 9.53 Å². The van der Waals surface area contributed by atoms with Gasteiger partial charge in [0, 0.05) is 25.3 Å². The van der Waals surface area contributed by atoms with Gasteiger partial charge in [-0.1, -0.05) is 24.3 Å². The highest BCUT2D eigenvalue weighted by Gasteiger charge is 2.31. The second-order valence-corrected chi connectivity index (χ2v) is 7.37. The van der Waals surface area contributed by atoms with Crippen LogP contribution in [0.3, 0.4) is 0 Å². The molecule has 2 atom stereocenters. The smallest absolute Gasteiger partial charge is 0.223 e.